The van der Waals surface area contributed by atoms with E-state index >= 15 is 0 Å². The summed E-state index contributed by atoms with van der Waals surface area (Å²) in [5.74, 6) is -2.56. The van der Waals surface area contributed by atoms with Gasteiger partial charge in [-0.2, -0.15) is 0 Å². The maximum atomic E-state index is 12.6. The van der Waals surface area contributed by atoms with Crippen LogP contribution in [0.5, 0.6) is 0 Å². The van der Waals surface area contributed by atoms with Crippen molar-refractivity contribution in [3.8, 4) is 0 Å². The van der Waals surface area contributed by atoms with Gasteiger partial charge in [-0.3, -0.25) is 38.4 Å². The molecule has 69 heavy (non-hydrogen) atoms. The number of nitrogens with two attached hydrogens (primary N) is 2. The van der Waals surface area contributed by atoms with E-state index in [1.165, 1.54) is 0 Å². The van der Waals surface area contributed by atoms with E-state index < -0.39 is 11.9 Å². The predicted molar refractivity (Wildman–Crippen MR) is 262 cm³/mol. The Bertz CT molecular complexity index is 1360. The van der Waals surface area contributed by atoms with Gasteiger partial charge in [-0.15, -0.1) is 0 Å². The zero-order valence-electron chi connectivity index (χ0n) is 41.8. The van der Waals surface area contributed by atoms with Gasteiger partial charge in [0.1, 0.15) is 25.9 Å². The highest BCUT2D eigenvalue weighted by Gasteiger charge is 2.21. The summed E-state index contributed by atoms with van der Waals surface area (Å²) in [6.45, 7) is 15.8. The fourth-order valence-electron chi connectivity index (χ4n) is 5.70. The minimum Gasteiger partial charge on any atom is -0.380 e. The molecular weight excluding hydrogens is 901 g/mol. The van der Waals surface area contributed by atoms with Crippen molar-refractivity contribution in [1.29, 1.82) is 0 Å². The first kappa shape index (κ1) is 68.8. The van der Waals surface area contributed by atoms with E-state index in [2.05, 4.69) is 31.9 Å². The molecule has 0 aromatic carbocycles. The number of carbonyl (C=O) groups excluding carboxylic acids is 8. The summed E-state index contributed by atoms with van der Waals surface area (Å²) in [4.78, 5) is 94.0. The van der Waals surface area contributed by atoms with Gasteiger partial charge < -0.3 is 71.8 Å². The van der Waals surface area contributed by atoms with Crippen LogP contribution in [0.25, 0.3) is 0 Å². The molecule has 404 valence electrons. The number of amides is 8. The van der Waals surface area contributed by atoms with Crippen molar-refractivity contribution >= 4 is 47.3 Å². The SMILES string of the molecule is C.CCCOCCOCC(=O)NCCOCC.CCOCC(=O)NCCCC[C@H](NC(=O)[C@@H](C)CCCCNC(=O)CCCC(=O)NCCOCCOCC(=O)NCCCC[C@H](C)C(N)=O)C(N)=O. The minimum atomic E-state index is -0.782. The fourth-order valence-corrected chi connectivity index (χ4v) is 5.70. The highest BCUT2D eigenvalue weighted by molar-refractivity contribution is 5.87. The molecular formula is C47H92N8O14. The number of primary amides is 2. The molecule has 0 radical (unpaired) electrons. The lowest BCUT2D eigenvalue weighted by Crippen LogP contribution is -2.46. The standard InChI is InChI=1S/C35H65N7O10.C11H23NO4.CH4/c1-4-50-24-31(45)39-19-10-7-14-28(34(37)48)42-35(49)27(3)13-6-9-17-38-29(43)15-11-16-30(44)41-20-21-51-22-23-52-25-32(46)40-18-8-5-12-26(2)33(36)47;1-3-6-15-8-9-16-10-11(13)12-5-7-14-4-2;/h26-28H,4-25H2,1-3H3,(H2,36,47)(H2,37,48)(H,38,43)(H,39,45)(H,40,46)(H,41,44)(H,42,49);3-10H2,1-2H3,(H,12,13);1H4/t26-,27-,28-;;/m0../s1. The van der Waals surface area contributed by atoms with Crippen LogP contribution in [0.15, 0.2) is 0 Å². The number of ether oxygens (including phenoxy) is 6. The Hall–Kier alpha value is -4.48. The van der Waals surface area contributed by atoms with Crippen molar-refractivity contribution in [2.24, 2.45) is 23.3 Å². The van der Waals surface area contributed by atoms with E-state index in [1.807, 2.05) is 13.8 Å². The number of hydrogen-bond donors (Lipinski definition) is 8. The van der Waals surface area contributed by atoms with Gasteiger partial charge in [0.2, 0.25) is 47.3 Å². The van der Waals surface area contributed by atoms with Crippen molar-refractivity contribution in [3.05, 3.63) is 0 Å². The van der Waals surface area contributed by atoms with E-state index in [0.717, 1.165) is 25.9 Å². The van der Waals surface area contributed by atoms with Crippen LogP contribution in [0, 0.1) is 11.8 Å². The average Bonchev–Trinajstić information content (AvgIpc) is 3.30. The van der Waals surface area contributed by atoms with Gasteiger partial charge in [-0.05, 0) is 71.6 Å². The van der Waals surface area contributed by atoms with Crippen molar-refractivity contribution < 1.29 is 66.8 Å². The van der Waals surface area contributed by atoms with Crippen LogP contribution in [0.1, 0.15) is 126 Å². The summed E-state index contributed by atoms with van der Waals surface area (Å²) in [6.07, 6.45) is 7.64. The van der Waals surface area contributed by atoms with Crippen molar-refractivity contribution in [1.82, 2.24) is 31.9 Å². The molecule has 0 saturated carbocycles. The quantitative estimate of drug-likeness (QED) is 0.0397. The second kappa shape index (κ2) is 49.9. The number of nitrogens with one attached hydrogen (secondary N) is 6. The van der Waals surface area contributed by atoms with Gasteiger partial charge in [0, 0.05) is 77.2 Å². The molecule has 22 heteroatoms. The Labute approximate surface area is 411 Å². The molecule has 0 saturated heterocycles. The summed E-state index contributed by atoms with van der Waals surface area (Å²) in [5, 5.41) is 16.4. The third-order valence-electron chi connectivity index (χ3n) is 9.75. The molecule has 0 heterocycles. The number of hydrogen-bond acceptors (Lipinski definition) is 14. The number of unbranched alkanes of at least 4 members (excludes halogenated alkanes) is 3. The third-order valence-corrected chi connectivity index (χ3v) is 9.75. The van der Waals surface area contributed by atoms with Crippen LogP contribution in [-0.2, 0) is 66.8 Å². The molecule has 8 amide bonds. The van der Waals surface area contributed by atoms with Gasteiger partial charge >= 0.3 is 0 Å². The molecule has 3 atom stereocenters. The Kier molecular flexibility index (Phi) is 49.8. The average molecular weight is 993 g/mol. The van der Waals surface area contributed by atoms with Gasteiger partial charge in [0.05, 0.1) is 39.6 Å². The first-order valence-electron chi connectivity index (χ1n) is 24.4. The first-order valence-corrected chi connectivity index (χ1v) is 24.4. The first-order chi connectivity index (χ1) is 32.7. The molecule has 0 aromatic heterocycles. The number of rotatable bonds is 45. The third kappa shape index (κ3) is 48.3. The van der Waals surface area contributed by atoms with Gasteiger partial charge in [-0.1, -0.05) is 41.0 Å². The molecule has 0 aliphatic rings. The Morgan fingerprint density at radius 3 is 1.30 bits per heavy atom. The maximum absolute atomic E-state index is 12.6. The Morgan fingerprint density at radius 2 is 0.826 bits per heavy atom. The summed E-state index contributed by atoms with van der Waals surface area (Å²) >= 11 is 0. The van der Waals surface area contributed by atoms with Gasteiger partial charge in [-0.25, -0.2) is 0 Å². The molecule has 0 rings (SSSR count). The largest absolute Gasteiger partial charge is 0.380 e. The van der Waals surface area contributed by atoms with Crippen LogP contribution in [-0.4, -0.2) is 165 Å². The lowest BCUT2D eigenvalue weighted by molar-refractivity contribution is -0.129. The topological polar surface area (TPSA) is 316 Å². The minimum absolute atomic E-state index is 0. The molecule has 0 unspecified atom stereocenters. The van der Waals surface area contributed by atoms with Crippen LogP contribution >= 0.6 is 0 Å². The molecule has 0 fully saturated rings. The number of carbonyl (C=O) groups is 8. The smallest absolute Gasteiger partial charge is 0.246 e. The molecule has 0 bridgehead atoms. The Balaban J connectivity index is -0.00000217. The van der Waals surface area contributed by atoms with Crippen LogP contribution < -0.4 is 43.4 Å². The highest BCUT2D eigenvalue weighted by Crippen LogP contribution is 2.10. The summed E-state index contributed by atoms with van der Waals surface area (Å²) in [7, 11) is 0. The van der Waals surface area contributed by atoms with E-state index in [0.29, 0.717) is 117 Å². The normalized spacial score (nSPS) is 11.9. The summed E-state index contributed by atoms with van der Waals surface area (Å²) < 4.78 is 31.1. The predicted octanol–water partition coefficient (Wildman–Crippen LogP) is 1.15. The molecule has 0 aromatic rings. The zero-order chi connectivity index (χ0) is 51.0. The fraction of sp³-hybridized carbons (Fsp3) is 0.830. The maximum Gasteiger partial charge on any atom is 0.246 e. The van der Waals surface area contributed by atoms with Gasteiger partial charge in [0.15, 0.2) is 0 Å². The molecule has 22 nitrogen and oxygen atoms in total. The summed E-state index contributed by atoms with van der Waals surface area (Å²) in [5.41, 5.74) is 10.7. The molecule has 0 aliphatic carbocycles. The van der Waals surface area contributed by atoms with Crippen molar-refractivity contribution in [2.45, 2.75) is 132 Å². The molecule has 0 spiro atoms. The second-order valence-electron chi connectivity index (χ2n) is 15.9. The molecule has 10 N–H and O–H groups in total. The van der Waals surface area contributed by atoms with E-state index in [4.69, 9.17) is 39.9 Å². The van der Waals surface area contributed by atoms with Crippen LogP contribution in [0.2, 0.25) is 0 Å². The lowest BCUT2D eigenvalue weighted by Gasteiger charge is -2.18. The second-order valence-corrected chi connectivity index (χ2v) is 15.9. The zero-order valence-corrected chi connectivity index (χ0v) is 41.8. The Morgan fingerprint density at radius 1 is 0.420 bits per heavy atom. The highest BCUT2D eigenvalue weighted by atomic mass is 16.5. The van der Waals surface area contributed by atoms with Crippen LogP contribution in [0.3, 0.4) is 0 Å². The van der Waals surface area contributed by atoms with Crippen molar-refractivity contribution in [2.75, 3.05) is 112 Å². The summed E-state index contributed by atoms with van der Waals surface area (Å²) in [6, 6.07) is -0.782. The monoisotopic (exact) mass is 993 g/mol. The lowest BCUT2D eigenvalue weighted by atomic mass is 10.0. The van der Waals surface area contributed by atoms with E-state index in [1.54, 1.807) is 20.8 Å². The van der Waals surface area contributed by atoms with E-state index in [-0.39, 0.29) is 113 Å². The van der Waals surface area contributed by atoms with Gasteiger partial charge in [0.25, 0.3) is 0 Å². The molecule has 0 aliphatic heterocycles. The van der Waals surface area contributed by atoms with Crippen molar-refractivity contribution in [3.63, 3.8) is 0 Å². The van der Waals surface area contributed by atoms with E-state index in [9.17, 15) is 38.4 Å². The van der Waals surface area contributed by atoms with Crippen LogP contribution in [0.4, 0.5) is 0 Å².